The molecule has 3 heterocycles. The number of hydrogen-bond donors (Lipinski definition) is 2. The second kappa shape index (κ2) is 7.32. The van der Waals surface area contributed by atoms with Crippen LogP contribution in [0.4, 0.5) is 0 Å². The molecule has 0 bridgehead atoms. The Morgan fingerprint density at radius 2 is 1.79 bits per heavy atom. The molecule has 0 aliphatic rings. The summed E-state index contributed by atoms with van der Waals surface area (Å²) in [5.41, 5.74) is 7.57. The fraction of sp³-hybridized carbons (Fsp3) is 0.0476. The summed E-state index contributed by atoms with van der Waals surface area (Å²) in [4.78, 5) is 33.6. The smallest absolute Gasteiger partial charge is 0.271 e. The fourth-order valence-corrected chi connectivity index (χ4v) is 2.77. The molecule has 1 aromatic carbocycles. The van der Waals surface area contributed by atoms with Crippen molar-refractivity contribution in [1.29, 1.82) is 0 Å². The molecule has 0 unspecified atom stereocenters. The van der Waals surface area contributed by atoms with Crippen LogP contribution in [-0.4, -0.2) is 21.8 Å². The van der Waals surface area contributed by atoms with E-state index in [0.717, 1.165) is 5.69 Å². The summed E-state index contributed by atoms with van der Waals surface area (Å²) in [6, 6.07) is 15.8. The first kappa shape index (κ1) is 17.4. The van der Waals surface area contributed by atoms with Gasteiger partial charge in [-0.05, 0) is 43.3 Å². The zero-order chi connectivity index (χ0) is 19.5. The molecule has 0 atom stereocenters. The van der Waals surface area contributed by atoms with Gasteiger partial charge in [-0.3, -0.25) is 25.4 Å². The molecule has 0 aliphatic carbocycles. The SMILES string of the molecule is Cc1ccc(C(=O)NNC(=O)c2cc(-c3ccco3)nc3ccccc23)cn1. The van der Waals surface area contributed by atoms with Gasteiger partial charge in [0.25, 0.3) is 11.8 Å². The number of amides is 2. The minimum atomic E-state index is -0.458. The third kappa shape index (κ3) is 3.45. The van der Waals surface area contributed by atoms with Crippen LogP contribution >= 0.6 is 0 Å². The number of carbonyl (C=O) groups excluding carboxylic acids is 2. The van der Waals surface area contributed by atoms with Crippen LogP contribution in [0, 0.1) is 6.92 Å². The molecule has 0 saturated carbocycles. The molecule has 2 N–H and O–H groups in total. The maximum absolute atomic E-state index is 12.8. The average Bonchev–Trinajstić information content (AvgIpc) is 3.26. The highest BCUT2D eigenvalue weighted by Crippen LogP contribution is 2.25. The second-order valence-electron chi connectivity index (χ2n) is 6.15. The summed E-state index contributed by atoms with van der Waals surface area (Å²) in [5, 5.41) is 0.668. The Balaban J connectivity index is 1.61. The zero-order valence-corrected chi connectivity index (χ0v) is 15.0. The third-order valence-corrected chi connectivity index (χ3v) is 4.20. The van der Waals surface area contributed by atoms with E-state index in [1.807, 2.05) is 25.1 Å². The Kier molecular flexibility index (Phi) is 4.55. The van der Waals surface area contributed by atoms with Gasteiger partial charge in [-0.25, -0.2) is 4.98 Å². The van der Waals surface area contributed by atoms with Crippen molar-refractivity contribution >= 4 is 22.7 Å². The lowest BCUT2D eigenvalue weighted by molar-refractivity contribution is 0.0847. The van der Waals surface area contributed by atoms with E-state index in [2.05, 4.69) is 20.8 Å². The van der Waals surface area contributed by atoms with Crippen molar-refractivity contribution in [2.75, 3.05) is 0 Å². The molecule has 0 saturated heterocycles. The number of aromatic nitrogens is 2. The van der Waals surface area contributed by atoms with Gasteiger partial charge < -0.3 is 4.42 Å². The van der Waals surface area contributed by atoms with Gasteiger partial charge in [-0.15, -0.1) is 0 Å². The van der Waals surface area contributed by atoms with E-state index in [1.165, 1.54) is 6.20 Å². The van der Waals surface area contributed by atoms with E-state index in [1.54, 1.807) is 42.7 Å². The van der Waals surface area contributed by atoms with Crippen LogP contribution in [0.2, 0.25) is 0 Å². The number of nitrogens with zero attached hydrogens (tertiary/aromatic N) is 2. The van der Waals surface area contributed by atoms with E-state index in [9.17, 15) is 9.59 Å². The Hall–Kier alpha value is -4.00. The maximum atomic E-state index is 12.8. The normalized spacial score (nSPS) is 10.6. The van der Waals surface area contributed by atoms with Crippen molar-refractivity contribution in [3.05, 3.63) is 83.9 Å². The zero-order valence-electron chi connectivity index (χ0n) is 15.0. The van der Waals surface area contributed by atoms with Gasteiger partial charge in [0.1, 0.15) is 5.69 Å². The lowest BCUT2D eigenvalue weighted by atomic mass is 10.1. The molecule has 138 valence electrons. The number of rotatable bonds is 3. The standard InChI is InChI=1S/C21H16N4O3/c1-13-8-9-14(12-22-13)20(26)24-25-21(27)16-11-18(19-7-4-10-28-19)23-17-6-3-2-5-15(16)17/h2-12H,1H3,(H,24,26)(H,25,27). The van der Waals surface area contributed by atoms with Crippen LogP contribution in [0.25, 0.3) is 22.4 Å². The first-order valence-corrected chi connectivity index (χ1v) is 8.59. The highest BCUT2D eigenvalue weighted by molar-refractivity contribution is 6.08. The summed E-state index contributed by atoms with van der Waals surface area (Å²) >= 11 is 0. The van der Waals surface area contributed by atoms with Gasteiger partial charge in [0.05, 0.1) is 22.9 Å². The molecule has 0 aliphatic heterocycles. The molecule has 3 aromatic heterocycles. The van der Waals surface area contributed by atoms with Crippen molar-refractivity contribution in [3.8, 4) is 11.5 Å². The van der Waals surface area contributed by atoms with Crippen molar-refractivity contribution in [1.82, 2.24) is 20.8 Å². The van der Waals surface area contributed by atoms with E-state index < -0.39 is 11.8 Å². The molecular formula is C21H16N4O3. The van der Waals surface area contributed by atoms with Gasteiger partial charge in [0.2, 0.25) is 0 Å². The van der Waals surface area contributed by atoms with Crippen LogP contribution < -0.4 is 10.9 Å². The molecule has 2 amide bonds. The quantitative estimate of drug-likeness (QED) is 0.538. The minimum absolute atomic E-state index is 0.349. The number of pyridine rings is 2. The molecule has 0 radical (unpaired) electrons. The molecule has 28 heavy (non-hydrogen) atoms. The second-order valence-corrected chi connectivity index (χ2v) is 6.15. The average molecular weight is 372 g/mol. The number of fused-ring (bicyclic) bond motifs is 1. The van der Waals surface area contributed by atoms with Crippen molar-refractivity contribution < 1.29 is 14.0 Å². The summed E-state index contributed by atoms with van der Waals surface area (Å²) in [5.74, 6) is -0.361. The van der Waals surface area contributed by atoms with Gasteiger partial charge >= 0.3 is 0 Å². The number of para-hydroxylation sites is 1. The highest BCUT2D eigenvalue weighted by atomic mass is 16.3. The van der Waals surface area contributed by atoms with Crippen LogP contribution in [0.15, 0.2) is 71.5 Å². The van der Waals surface area contributed by atoms with Crippen molar-refractivity contribution in [2.24, 2.45) is 0 Å². The Morgan fingerprint density at radius 1 is 0.964 bits per heavy atom. The van der Waals surface area contributed by atoms with E-state index in [0.29, 0.717) is 33.5 Å². The highest BCUT2D eigenvalue weighted by Gasteiger charge is 2.16. The molecule has 7 heteroatoms. The Morgan fingerprint density at radius 3 is 2.54 bits per heavy atom. The van der Waals surface area contributed by atoms with Gasteiger partial charge in [0, 0.05) is 17.3 Å². The number of hydrogen-bond acceptors (Lipinski definition) is 5. The topological polar surface area (TPSA) is 97.1 Å². The van der Waals surface area contributed by atoms with E-state index in [4.69, 9.17) is 4.42 Å². The molecule has 7 nitrogen and oxygen atoms in total. The van der Waals surface area contributed by atoms with Crippen molar-refractivity contribution in [2.45, 2.75) is 6.92 Å². The number of hydrazine groups is 1. The van der Waals surface area contributed by atoms with Crippen LogP contribution in [-0.2, 0) is 0 Å². The molecular weight excluding hydrogens is 356 g/mol. The third-order valence-electron chi connectivity index (χ3n) is 4.20. The fourth-order valence-electron chi connectivity index (χ4n) is 2.77. The summed E-state index contributed by atoms with van der Waals surface area (Å²) in [6.07, 6.45) is 3.00. The molecule has 0 spiro atoms. The Labute approximate surface area is 160 Å². The molecule has 4 rings (SSSR count). The summed E-state index contributed by atoms with van der Waals surface area (Å²) in [6.45, 7) is 1.83. The summed E-state index contributed by atoms with van der Waals surface area (Å²) < 4.78 is 5.40. The van der Waals surface area contributed by atoms with E-state index in [-0.39, 0.29) is 0 Å². The van der Waals surface area contributed by atoms with Gasteiger partial charge in [0.15, 0.2) is 5.76 Å². The summed E-state index contributed by atoms with van der Waals surface area (Å²) in [7, 11) is 0. The molecule has 4 aromatic rings. The maximum Gasteiger partial charge on any atom is 0.271 e. The molecule has 0 fully saturated rings. The van der Waals surface area contributed by atoms with Crippen LogP contribution in [0.1, 0.15) is 26.4 Å². The predicted molar refractivity (Wildman–Crippen MR) is 103 cm³/mol. The van der Waals surface area contributed by atoms with Crippen LogP contribution in [0.3, 0.4) is 0 Å². The minimum Gasteiger partial charge on any atom is -0.463 e. The lowest BCUT2D eigenvalue weighted by Crippen LogP contribution is -2.41. The largest absolute Gasteiger partial charge is 0.463 e. The number of nitrogens with one attached hydrogen (secondary N) is 2. The van der Waals surface area contributed by atoms with E-state index >= 15 is 0 Å². The van der Waals surface area contributed by atoms with Crippen molar-refractivity contribution in [3.63, 3.8) is 0 Å². The Bertz CT molecular complexity index is 1150. The lowest BCUT2D eigenvalue weighted by Gasteiger charge is -2.10. The number of furan rings is 1. The van der Waals surface area contributed by atoms with Gasteiger partial charge in [-0.2, -0.15) is 0 Å². The van der Waals surface area contributed by atoms with Crippen LogP contribution in [0.5, 0.6) is 0 Å². The number of benzene rings is 1. The monoisotopic (exact) mass is 372 g/mol. The van der Waals surface area contributed by atoms with Gasteiger partial charge in [-0.1, -0.05) is 18.2 Å². The number of carbonyl (C=O) groups is 2. The first-order valence-electron chi connectivity index (χ1n) is 8.59. The first-order chi connectivity index (χ1) is 13.6. The number of aryl methyl sites for hydroxylation is 1. The predicted octanol–water partition coefficient (Wildman–Crippen LogP) is 3.27.